The zero-order chi connectivity index (χ0) is 11.7. The lowest BCUT2D eigenvalue weighted by Crippen LogP contribution is -2.21. The third-order valence-corrected chi connectivity index (χ3v) is 2.47. The van der Waals surface area contributed by atoms with Crippen molar-refractivity contribution < 1.29 is 14.7 Å². The van der Waals surface area contributed by atoms with Crippen LogP contribution in [-0.2, 0) is 16.0 Å². The largest absolute Gasteiger partial charge is 0.508 e. The molecule has 2 amide bonds. The van der Waals surface area contributed by atoms with E-state index >= 15 is 0 Å². The topological polar surface area (TPSA) is 78.4 Å². The number of carbonyl (C=O) groups excluding carboxylic acids is 2. The van der Waals surface area contributed by atoms with Gasteiger partial charge in [-0.3, -0.25) is 9.59 Å². The van der Waals surface area contributed by atoms with Crippen LogP contribution in [0.3, 0.4) is 0 Å². The summed E-state index contributed by atoms with van der Waals surface area (Å²) in [6.45, 7) is 1.39. The first-order valence-electron chi connectivity index (χ1n) is 5.00. The fraction of sp³-hybridized carbons (Fsp3) is 0.273. The van der Waals surface area contributed by atoms with Crippen LogP contribution < -0.4 is 10.6 Å². The van der Waals surface area contributed by atoms with Gasteiger partial charge in [0.1, 0.15) is 5.75 Å². The van der Waals surface area contributed by atoms with Gasteiger partial charge in [-0.25, -0.2) is 0 Å². The van der Waals surface area contributed by atoms with Crippen LogP contribution in [0.1, 0.15) is 18.9 Å². The summed E-state index contributed by atoms with van der Waals surface area (Å²) in [6.07, 6.45) is 0.838. The van der Waals surface area contributed by atoms with Crippen molar-refractivity contribution in [2.75, 3.05) is 10.6 Å². The molecule has 1 aliphatic heterocycles. The standard InChI is InChI=1S/C11H12N2O3/c1-6(14)12-8-3-4-9(15)7-2-5-10(16)13-11(7)8/h3-4,15H,2,5H2,1H3,(H,12,14)(H,13,16). The third kappa shape index (κ3) is 1.84. The number of fused-ring (bicyclic) bond motifs is 1. The van der Waals surface area contributed by atoms with E-state index in [1.54, 1.807) is 6.07 Å². The molecule has 0 atom stereocenters. The first kappa shape index (κ1) is 10.5. The van der Waals surface area contributed by atoms with E-state index in [9.17, 15) is 14.7 Å². The van der Waals surface area contributed by atoms with E-state index in [2.05, 4.69) is 10.6 Å². The van der Waals surface area contributed by atoms with Crippen LogP contribution in [-0.4, -0.2) is 16.9 Å². The second-order valence-electron chi connectivity index (χ2n) is 3.72. The van der Waals surface area contributed by atoms with Gasteiger partial charge in [-0.1, -0.05) is 0 Å². The molecule has 0 radical (unpaired) electrons. The number of rotatable bonds is 1. The van der Waals surface area contributed by atoms with Gasteiger partial charge < -0.3 is 15.7 Å². The van der Waals surface area contributed by atoms with E-state index in [-0.39, 0.29) is 17.6 Å². The van der Waals surface area contributed by atoms with E-state index in [1.165, 1.54) is 13.0 Å². The Morgan fingerprint density at radius 2 is 2.19 bits per heavy atom. The number of phenolic OH excluding ortho intramolecular Hbond substituents is 1. The fourth-order valence-electron chi connectivity index (χ4n) is 1.77. The maximum Gasteiger partial charge on any atom is 0.224 e. The lowest BCUT2D eigenvalue weighted by atomic mass is 10.0. The highest BCUT2D eigenvalue weighted by Crippen LogP contribution is 2.36. The van der Waals surface area contributed by atoms with E-state index in [1.807, 2.05) is 0 Å². The summed E-state index contributed by atoms with van der Waals surface area (Å²) in [5.41, 5.74) is 1.70. The van der Waals surface area contributed by atoms with Gasteiger partial charge in [0, 0.05) is 18.9 Å². The van der Waals surface area contributed by atoms with Crippen LogP contribution in [0.4, 0.5) is 11.4 Å². The molecular formula is C11H12N2O3. The molecule has 1 aromatic rings. The van der Waals surface area contributed by atoms with Gasteiger partial charge in [0.05, 0.1) is 11.4 Å². The van der Waals surface area contributed by atoms with Gasteiger partial charge in [0.15, 0.2) is 0 Å². The lowest BCUT2D eigenvalue weighted by Gasteiger charge is -2.21. The molecule has 0 saturated carbocycles. The van der Waals surface area contributed by atoms with Crippen molar-refractivity contribution in [1.29, 1.82) is 0 Å². The van der Waals surface area contributed by atoms with Crippen molar-refractivity contribution in [1.82, 2.24) is 0 Å². The number of nitrogens with one attached hydrogen (secondary N) is 2. The molecule has 0 spiro atoms. The molecule has 0 unspecified atom stereocenters. The number of benzene rings is 1. The van der Waals surface area contributed by atoms with Gasteiger partial charge in [-0.05, 0) is 18.6 Å². The van der Waals surface area contributed by atoms with Gasteiger partial charge in [-0.15, -0.1) is 0 Å². The Morgan fingerprint density at radius 3 is 2.88 bits per heavy atom. The summed E-state index contributed by atoms with van der Waals surface area (Å²) in [5.74, 6) is -0.179. The molecule has 16 heavy (non-hydrogen) atoms. The summed E-state index contributed by atoms with van der Waals surface area (Å²) in [7, 11) is 0. The predicted molar refractivity (Wildman–Crippen MR) is 59.4 cm³/mol. The molecule has 1 heterocycles. The highest BCUT2D eigenvalue weighted by molar-refractivity contribution is 6.02. The summed E-state index contributed by atoms with van der Waals surface area (Å²) < 4.78 is 0. The van der Waals surface area contributed by atoms with Crippen LogP contribution in [0.2, 0.25) is 0 Å². The van der Waals surface area contributed by atoms with Gasteiger partial charge >= 0.3 is 0 Å². The Labute approximate surface area is 92.5 Å². The fourth-order valence-corrected chi connectivity index (χ4v) is 1.77. The maximum atomic E-state index is 11.3. The minimum Gasteiger partial charge on any atom is -0.508 e. The van der Waals surface area contributed by atoms with E-state index in [0.717, 1.165) is 0 Å². The quantitative estimate of drug-likeness (QED) is 0.623. The Bertz CT molecular complexity index is 469. The molecule has 5 heteroatoms. The molecule has 84 valence electrons. The van der Waals surface area contributed by atoms with Crippen LogP contribution in [0.15, 0.2) is 12.1 Å². The van der Waals surface area contributed by atoms with Crippen LogP contribution in [0.5, 0.6) is 5.75 Å². The minimum atomic E-state index is -0.215. The molecule has 0 bridgehead atoms. The monoisotopic (exact) mass is 220 g/mol. The number of hydrogen-bond donors (Lipinski definition) is 3. The Kier molecular flexibility index (Phi) is 2.52. The van der Waals surface area contributed by atoms with Crippen LogP contribution in [0.25, 0.3) is 0 Å². The zero-order valence-corrected chi connectivity index (χ0v) is 8.83. The van der Waals surface area contributed by atoms with Crippen molar-refractivity contribution in [2.45, 2.75) is 19.8 Å². The minimum absolute atomic E-state index is 0.107. The highest BCUT2D eigenvalue weighted by atomic mass is 16.3. The molecule has 0 aliphatic carbocycles. The second kappa shape index (κ2) is 3.84. The molecular weight excluding hydrogens is 208 g/mol. The molecule has 0 saturated heterocycles. The average molecular weight is 220 g/mol. The van der Waals surface area contributed by atoms with E-state index in [4.69, 9.17) is 0 Å². The maximum absolute atomic E-state index is 11.3. The Hall–Kier alpha value is -2.04. The van der Waals surface area contributed by atoms with Crippen molar-refractivity contribution in [3.63, 3.8) is 0 Å². The highest BCUT2D eigenvalue weighted by Gasteiger charge is 2.21. The summed E-state index contributed by atoms with van der Waals surface area (Å²) in [4.78, 5) is 22.2. The third-order valence-electron chi connectivity index (χ3n) is 2.47. The number of phenols is 1. The van der Waals surface area contributed by atoms with Crippen molar-refractivity contribution in [3.05, 3.63) is 17.7 Å². The Balaban J connectivity index is 2.47. The van der Waals surface area contributed by atoms with Gasteiger partial charge in [-0.2, -0.15) is 0 Å². The molecule has 0 fully saturated rings. The van der Waals surface area contributed by atoms with E-state index in [0.29, 0.717) is 29.8 Å². The van der Waals surface area contributed by atoms with Crippen LogP contribution in [0, 0.1) is 0 Å². The predicted octanol–water partition coefficient (Wildman–Crippen LogP) is 1.24. The number of hydrogen-bond acceptors (Lipinski definition) is 3. The average Bonchev–Trinajstić information content (AvgIpc) is 2.22. The summed E-state index contributed by atoms with van der Waals surface area (Å²) in [5, 5.41) is 14.9. The number of aromatic hydroxyl groups is 1. The first-order valence-corrected chi connectivity index (χ1v) is 5.00. The van der Waals surface area contributed by atoms with Crippen molar-refractivity contribution in [3.8, 4) is 5.75 Å². The molecule has 1 aromatic carbocycles. The SMILES string of the molecule is CC(=O)Nc1ccc(O)c2c1NC(=O)CC2. The van der Waals surface area contributed by atoms with Gasteiger partial charge in [0.25, 0.3) is 0 Å². The summed E-state index contributed by atoms with van der Waals surface area (Å²) >= 11 is 0. The number of amides is 2. The second-order valence-corrected chi connectivity index (χ2v) is 3.72. The molecule has 1 aliphatic rings. The van der Waals surface area contributed by atoms with Crippen molar-refractivity contribution in [2.24, 2.45) is 0 Å². The van der Waals surface area contributed by atoms with Crippen molar-refractivity contribution >= 4 is 23.2 Å². The molecule has 0 aromatic heterocycles. The zero-order valence-electron chi connectivity index (χ0n) is 8.83. The summed E-state index contributed by atoms with van der Waals surface area (Å²) in [6, 6.07) is 3.09. The Morgan fingerprint density at radius 1 is 1.44 bits per heavy atom. The number of anilines is 2. The molecule has 3 N–H and O–H groups in total. The first-order chi connectivity index (χ1) is 7.58. The molecule has 5 nitrogen and oxygen atoms in total. The van der Waals surface area contributed by atoms with Crippen LogP contribution >= 0.6 is 0 Å². The molecule has 2 rings (SSSR count). The normalized spacial score (nSPS) is 13.9. The number of carbonyl (C=O) groups is 2. The lowest BCUT2D eigenvalue weighted by molar-refractivity contribution is -0.116. The smallest absolute Gasteiger partial charge is 0.224 e. The van der Waals surface area contributed by atoms with E-state index < -0.39 is 0 Å². The van der Waals surface area contributed by atoms with Gasteiger partial charge in [0.2, 0.25) is 11.8 Å².